The summed E-state index contributed by atoms with van der Waals surface area (Å²) < 4.78 is 73.5. The minimum Gasteiger partial charge on any atom is -0.493 e. The number of furan rings is 1. The SMILES string of the molecule is CCC1CCCCN1S(=O)(=O)c1ccc(S(=O)(=O)N(Cc2ccco2)Cc2cccc(OC)c2OC)cc1. The zero-order valence-corrected chi connectivity index (χ0v) is 23.5. The molecule has 0 spiro atoms. The lowest BCUT2D eigenvalue weighted by molar-refractivity contribution is 0.246. The van der Waals surface area contributed by atoms with Crippen molar-refractivity contribution in [3.8, 4) is 11.5 Å². The van der Waals surface area contributed by atoms with Crippen LogP contribution in [0, 0.1) is 0 Å². The molecule has 0 radical (unpaired) electrons. The number of rotatable bonds is 11. The fraction of sp³-hybridized carbons (Fsp3) is 0.407. The van der Waals surface area contributed by atoms with Gasteiger partial charge in [0.05, 0.1) is 36.8 Å². The van der Waals surface area contributed by atoms with Crippen LogP contribution in [0.4, 0.5) is 0 Å². The second-order valence-corrected chi connectivity index (χ2v) is 13.0. The number of sulfonamides is 2. The van der Waals surface area contributed by atoms with Crippen molar-refractivity contribution in [2.75, 3.05) is 20.8 Å². The zero-order valence-electron chi connectivity index (χ0n) is 21.9. The van der Waals surface area contributed by atoms with Gasteiger partial charge in [0.15, 0.2) is 11.5 Å². The smallest absolute Gasteiger partial charge is 0.243 e. The fourth-order valence-electron chi connectivity index (χ4n) is 4.84. The quantitative estimate of drug-likeness (QED) is 0.335. The van der Waals surface area contributed by atoms with Gasteiger partial charge in [0.25, 0.3) is 0 Å². The van der Waals surface area contributed by atoms with Crippen LogP contribution in [0.25, 0.3) is 0 Å². The van der Waals surface area contributed by atoms with Gasteiger partial charge >= 0.3 is 0 Å². The first-order chi connectivity index (χ1) is 18.2. The first kappa shape index (κ1) is 28.2. The molecule has 11 heteroatoms. The molecule has 9 nitrogen and oxygen atoms in total. The van der Waals surface area contributed by atoms with Crippen molar-refractivity contribution in [1.82, 2.24) is 8.61 Å². The summed E-state index contributed by atoms with van der Waals surface area (Å²) >= 11 is 0. The molecule has 1 saturated heterocycles. The van der Waals surface area contributed by atoms with Crippen LogP contribution in [0.15, 0.2) is 75.1 Å². The lowest BCUT2D eigenvalue weighted by atomic mass is 10.0. The molecular weight excluding hydrogens is 528 g/mol. The number of para-hydroxylation sites is 1. The summed E-state index contributed by atoms with van der Waals surface area (Å²) in [6.07, 6.45) is 4.87. The molecule has 1 fully saturated rings. The fourth-order valence-corrected chi connectivity index (χ4v) is 7.99. The number of nitrogens with zero attached hydrogens (tertiary/aromatic N) is 2. The van der Waals surface area contributed by atoms with E-state index in [1.165, 1.54) is 49.1 Å². The Kier molecular flexibility index (Phi) is 8.81. The van der Waals surface area contributed by atoms with Crippen molar-refractivity contribution in [3.05, 3.63) is 72.2 Å². The van der Waals surface area contributed by atoms with Gasteiger partial charge in [-0.05, 0) is 61.7 Å². The second kappa shape index (κ2) is 11.9. The van der Waals surface area contributed by atoms with Crippen molar-refractivity contribution >= 4 is 20.0 Å². The molecule has 0 amide bonds. The van der Waals surface area contributed by atoms with Gasteiger partial charge in [-0.2, -0.15) is 8.61 Å². The third-order valence-corrected chi connectivity index (χ3v) is 10.6. The Labute approximate surface area is 225 Å². The normalized spacial score (nSPS) is 17.0. The van der Waals surface area contributed by atoms with Gasteiger partial charge in [0.1, 0.15) is 5.76 Å². The Morgan fingerprint density at radius 3 is 2.29 bits per heavy atom. The first-order valence-corrected chi connectivity index (χ1v) is 15.4. The van der Waals surface area contributed by atoms with Crippen molar-refractivity contribution in [1.29, 1.82) is 0 Å². The van der Waals surface area contributed by atoms with E-state index in [9.17, 15) is 16.8 Å². The average molecular weight is 563 g/mol. The van der Waals surface area contributed by atoms with Crippen LogP contribution in [0.3, 0.4) is 0 Å². The van der Waals surface area contributed by atoms with Crippen LogP contribution < -0.4 is 9.47 Å². The van der Waals surface area contributed by atoms with Gasteiger partial charge in [-0.15, -0.1) is 0 Å². The Morgan fingerprint density at radius 1 is 0.921 bits per heavy atom. The van der Waals surface area contributed by atoms with E-state index in [0.29, 0.717) is 29.4 Å². The van der Waals surface area contributed by atoms with E-state index in [1.54, 1.807) is 34.6 Å². The van der Waals surface area contributed by atoms with Crippen LogP contribution in [-0.4, -0.2) is 52.3 Å². The summed E-state index contributed by atoms with van der Waals surface area (Å²) in [5, 5.41) is 0. The standard InChI is InChI=1S/C27H34N2O7S2/c1-4-22-10-5-6-17-29(22)38(32,33)25-15-13-24(14-16-25)37(30,31)28(20-23-11-8-18-36-23)19-21-9-7-12-26(34-2)27(21)35-3/h7-9,11-16,18,22H,4-6,10,17,19-20H2,1-3H3. The van der Waals surface area contributed by atoms with Gasteiger partial charge in [-0.1, -0.05) is 25.5 Å². The lowest BCUT2D eigenvalue weighted by Crippen LogP contribution is -2.43. The first-order valence-electron chi connectivity index (χ1n) is 12.6. The van der Waals surface area contributed by atoms with E-state index in [2.05, 4.69) is 0 Å². The highest BCUT2D eigenvalue weighted by molar-refractivity contribution is 7.89. The minimum absolute atomic E-state index is 0.0180. The Bertz CT molecular complexity index is 1420. The molecule has 38 heavy (non-hydrogen) atoms. The summed E-state index contributed by atoms with van der Waals surface area (Å²) in [6.45, 7) is 2.41. The predicted octanol–water partition coefficient (Wildman–Crippen LogP) is 4.64. The largest absolute Gasteiger partial charge is 0.493 e. The maximum Gasteiger partial charge on any atom is 0.243 e. The maximum absolute atomic E-state index is 13.8. The molecule has 2 heterocycles. The molecule has 1 atom stereocenters. The topological polar surface area (TPSA) is 106 Å². The molecule has 0 saturated carbocycles. The summed E-state index contributed by atoms with van der Waals surface area (Å²) in [4.78, 5) is 0.0689. The van der Waals surface area contributed by atoms with E-state index in [0.717, 1.165) is 25.7 Å². The van der Waals surface area contributed by atoms with Gasteiger partial charge in [-0.3, -0.25) is 0 Å². The summed E-state index contributed by atoms with van der Waals surface area (Å²) in [6, 6.07) is 14.1. The number of hydrogen-bond acceptors (Lipinski definition) is 7. The van der Waals surface area contributed by atoms with Gasteiger partial charge in [0, 0.05) is 24.7 Å². The molecular formula is C27H34N2O7S2. The number of methoxy groups -OCH3 is 2. The number of ether oxygens (including phenoxy) is 2. The average Bonchev–Trinajstić information content (AvgIpc) is 3.45. The molecule has 1 aliphatic heterocycles. The highest BCUT2D eigenvalue weighted by atomic mass is 32.2. The summed E-state index contributed by atoms with van der Waals surface area (Å²) in [7, 11) is -4.77. The molecule has 1 unspecified atom stereocenters. The molecule has 1 aliphatic rings. The van der Waals surface area contributed by atoms with E-state index in [-0.39, 0.29) is 28.9 Å². The van der Waals surface area contributed by atoms with Crippen LogP contribution in [0.1, 0.15) is 43.9 Å². The highest BCUT2D eigenvalue weighted by Gasteiger charge is 2.33. The van der Waals surface area contributed by atoms with Gasteiger partial charge in [-0.25, -0.2) is 16.8 Å². The Balaban J connectivity index is 1.67. The van der Waals surface area contributed by atoms with E-state index < -0.39 is 20.0 Å². The van der Waals surface area contributed by atoms with E-state index >= 15 is 0 Å². The van der Waals surface area contributed by atoms with Crippen LogP contribution in [-0.2, 0) is 33.1 Å². The molecule has 0 aliphatic carbocycles. The monoisotopic (exact) mass is 562 g/mol. The second-order valence-electron chi connectivity index (χ2n) is 9.15. The number of hydrogen-bond donors (Lipinski definition) is 0. The third kappa shape index (κ3) is 5.75. The minimum atomic E-state index is -4.05. The lowest BCUT2D eigenvalue weighted by Gasteiger charge is -2.34. The molecule has 206 valence electrons. The predicted molar refractivity (Wildman–Crippen MR) is 143 cm³/mol. The van der Waals surface area contributed by atoms with Gasteiger partial charge < -0.3 is 13.9 Å². The van der Waals surface area contributed by atoms with Crippen LogP contribution in [0.5, 0.6) is 11.5 Å². The Morgan fingerprint density at radius 2 is 1.66 bits per heavy atom. The number of benzene rings is 2. The molecule has 4 rings (SSSR count). The zero-order chi connectivity index (χ0) is 27.3. The molecule has 0 bridgehead atoms. The summed E-state index contributed by atoms with van der Waals surface area (Å²) in [5.41, 5.74) is 0.608. The van der Waals surface area contributed by atoms with E-state index in [1.807, 2.05) is 6.92 Å². The molecule has 1 aromatic heterocycles. The number of piperidine rings is 1. The van der Waals surface area contributed by atoms with Crippen molar-refractivity contribution < 1.29 is 30.7 Å². The van der Waals surface area contributed by atoms with Crippen LogP contribution >= 0.6 is 0 Å². The van der Waals surface area contributed by atoms with Crippen molar-refractivity contribution in [2.24, 2.45) is 0 Å². The Hall–Kier alpha value is -2.86. The summed E-state index contributed by atoms with van der Waals surface area (Å²) in [5.74, 6) is 1.38. The molecule has 3 aromatic rings. The molecule has 2 aromatic carbocycles. The maximum atomic E-state index is 13.8. The van der Waals surface area contributed by atoms with Gasteiger partial charge in [0.2, 0.25) is 20.0 Å². The van der Waals surface area contributed by atoms with Crippen LogP contribution in [0.2, 0.25) is 0 Å². The highest BCUT2D eigenvalue weighted by Crippen LogP contribution is 2.34. The third-order valence-electron chi connectivity index (χ3n) is 6.86. The molecule has 0 N–H and O–H groups in total. The van der Waals surface area contributed by atoms with Crippen molar-refractivity contribution in [3.63, 3.8) is 0 Å². The van der Waals surface area contributed by atoms with Crippen molar-refractivity contribution in [2.45, 2.75) is 61.5 Å². The van der Waals surface area contributed by atoms with E-state index in [4.69, 9.17) is 13.9 Å².